The second-order valence-corrected chi connectivity index (χ2v) is 9.66. The lowest BCUT2D eigenvalue weighted by atomic mass is 9.99. The zero-order valence-corrected chi connectivity index (χ0v) is 21.6. The number of carbonyl (C=O) groups is 4. The number of halogens is 3. The van der Waals surface area contributed by atoms with Crippen LogP contribution in [0.1, 0.15) is 47.0 Å². The third-order valence-corrected chi connectivity index (χ3v) is 6.26. The number of amides is 4. The van der Waals surface area contributed by atoms with E-state index >= 15 is 0 Å². The van der Waals surface area contributed by atoms with Crippen LogP contribution < -0.4 is 10.6 Å². The molecule has 2 aromatic carbocycles. The Kier molecular flexibility index (Phi) is 8.31. The third-order valence-electron chi connectivity index (χ3n) is 6.26. The van der Waals surface area contributed by atoms with Crippen LogP contribution in [-0.2, 0) is 28.6 Å². The Labute approximate surface area is 226 Å². The van der Waals surface area contributed by atoms with Gasteiger partial charge in [-0.1, -0.05) is 67.5 Å². The van der Waals surface area contributed by atoms with E-state index in [4.69, 9.17) is 4.52 Å². The quantitative estimate of drug-likeness (QED) is 0.289. The molecule has 1 aliphatic heterocycles. The van der Waals surface area contributed by atoms with Crippen LogP contribution in [-0.4, -0.2) is 57.3 Å². The number of hydrogen-bond acceptors (Lipinski definition) is 7. The van der Waals surface area contributed by atoms with Crippen LogP contribution >= 0.6 is 0 Å². The molecule has 13 heteroatoms. The Bertz CT molecular complexity index is 1410. The van der Waals surface area contributed by atoms with Crippen LogP contribution in [0.25, 0.3) is 0 Å². The second kappa shape index (κ2) is 11.7. The normalized spacial score (nSPS) is 16.2. The third kappa shape index (κ3) is 6.71. The SMILES string of the molecule is CC(C)C(NC(=O)CN1C(=O)NC(Cc2ccccc2)C1=O)C(=O)c1noc(Cc2cccc(C(F)(F)F)c2)n1. The lowest BCUT2D eigenvalue weighted by Crippen LogP contribution is -2.49. The van der Waals surface area contributed by atoms with E-state index < -0.39 is 59.9 Å². The fraction of sp³-hybridized carbons (Fsp3) is 0.333. The van der Waals surface area contributed by atoms with Crippen molar-refractivity contribution in [3.63, 3.8) is 0 Å². The molecule has 0 spiro atoms. The van der Waals surface area contributed by atoms with Gasteiger partial charge in [0.15, 0.2) is 0 Å². The van der Waals surface area contributed by atoms with Crippen molar-refractivity contribution in [2.45, 2.75) is 44.9 Å². The summed E-state index contributed by atoms with van der Waals surface area (Å²) in [4.78, 5) is 55.8. The van der Waals surface area contributed by atoms with Gasteiger partial charge >= 0.3 is 12.2 Å². The molecule has 0 aliphatic carbocycles. The molecule has 1 aliphatic rings. The summed E-state index contributed by atoms with van der Waals surface area (Å²) in [7, 11) is 0. The number of aromatic nitrogens is 2. The predicted octanol–water partition coefficient (Wildman–Crippen LogP) is 3.17. The van der Waals surface area contributed by atoms with Gasteiger partial charge in [0, 0.05) is 6.42 Å². The summed E-state index contributed by atoms with van der Waals surface area (Å²) in [5.74, 6) is -2.88. The lowest BCUT2D eigenvalue weighted by molar-refractivity contribution is -0.137. The molecular weight excluding hydrogens is 531 g/mol. The number of ketones is 1. The number of hydrogen-bond donors (Lipinski definition) is 2. The van der Waals surface area contributed by atoms with E-state index in [9.17, 15) is 32.3 Å². The van der Waals surface area contributed by atoms with E-state index in [1.807, 2.05) is 30.3 Å². The van der Waals surface area contributed by atoms with Crippen LogP contribution in [0.4, 0.5) is 18.0 Å². The van der Waals surface area contributed by atoms with Crippen LogP contribution in [0.2, 0.25) is 0 Å². The Balaban J connectivity index is 1.38. The highest BCUT2D eigenvalue weighted by Gasteiger charge is 2.39. The molecule has 2 N–H and O–H groups in total. The average molecular weight is 558 g/mol. The summed E-state index contributed by atoms with van der Waals surface area (Å²) in [6, 6.07) is 11.0. The van der Waals surface area contributed by atoms with Crippen molar-refractivity contribution in [3.8, 4) is 0 Å². The zero-order valence-electron chi connectivity index (χ0n) is 21.6. The number of benzene rings is 2. The first-order chi connectivity index (χ1) is 18.9. The van der Waals surface area contributed by atoms with Crippen molar-refractivity contribution in [1.82, 2.24) is 25.7 Å². The maximum atomic E-state index is 13.1. The Morgan fingerprint density at radius 2 is 1.77 bits per heavy atom. The number of rotatable bonds is 10. The van der Waals surface area contributed by atoms with Crippen molar-refractivity contribution in [1.29, 1.82) is 0 Å². The van der Waals surface area contributed by atoms with E-state index in [1.54, 1.807) is 13.8 Å². The molecule has 0 radical (unpaired) electrons. The molecule has 3 aromatic rings. The number of carbonyl (C=O) groups excluding carboxylic acids is 4. The maximum Gasteiger partial charge on any atom is 0.416 e. The van der Waals surface area contributed by atoms with Crippen molar-refractivity contribution in [3.05, 3.63) is 83.0 Å². The van der Waals surface area contributed by atoms with Gasteiger partial charge in [0.1, 0.15) is 12.6 Å². The van der Waals surface area contributed by atoms with Crippen LogP contribution in [0.15, 0.2) is 59.1 Å². The predicted molar refractivity (Wildman–Crippen MR) is 134 cm³/mol. The first-order valence-corrected chi connectivity index (χ1v) is 12.4. The molecule has 1 fully saturated rings. The largest absolute Gasteiger partial charge is 0.416 e. The molecule has 0 bridgehead atoms. The Hall–Kier alpha value is -4.55. The summed E-state index contributed by atoms with van der Waals surface area (Å²) in [6.07, 6.45) is -4.39. The minimum Gasteiger partial charge on any atom is -0.344 e. The van der Waals surface area contributed by atoms with E-state index in [2.05, 4.69) is 20.8 Å². The van der Waals surface area contributed by atoms with Crippen molar-refractivity contribution < 1.29 is 36.9 Å². The van der Waals surface area contributed by atoms with E-state index in [1.165, 1.54) is 12.1 Å². The van der Waals surface area contributed by atoms with Gasteiger partial charge in [0.2, 0.25) is 23.4 Å². The highest BCUT2D eigenvalue weighted by molar-refractivity contribution is 6.07. The fourth-order valence-corrected chi connectivity index (χ4v) is 4.21. The number of Topliss-reactive ketones (excluding diaryl/α,β-unsaturated/α-hetero) is 1. The van der Waals surface area contributed by atoms with Crippen LogP contribution in [0.5, 0.6) is 0 Å². The first-order valence-electron chi connectivity index (χ1n) is 12.4. The van der Waals surface area contributed by atoms with Gasteiger partial charge in [-0.2, -0.15) is 18.2 Å². The molecule has 4 amide bonds. The maximum absolute atomic E-state index is 13.1. The molecule has 2 heterocycles. The minimum absolute atomic E-state index is 0.0831. The Morgan fingerprint density at radius 3 is 2.45 bits per heavy atom. The number of imide groups is 1. The highest BCUT2D eigenvalue weighted by Crippen LogP contribution is 2.30. The van der Waals surface area contributed by atoms with Gasteiger partial charge in [0.05, 0.1) is 18.0 Å². The molecule has 2 atom stereocenters. The second-order valence-electron chi connectivity index (χ2n) is 9.66. The number of nitrogens with zero attached hydrogens (tertiary/aromatic N) is 3. The lowest BCUT2D eigenvalue weighted by Gasteiger charge is -2.21. The molecule has 1 saturated heterocycles. The Morgan fingerprint density at radius 1 is 1.07 bits per heavy atom. The highest BCUT2D eigenvalue weighted by atomic mass is 19.4. The van der Waals surface area contributed by atoms with Crippen molar-refractivity contribution in [2.24, 2.45) is 5.92 Å². The van der Waals surface area contributed by atoms with Crippen molar-refractivity contribution >= 4 is 23.6 Å². The van der Waals surface area contributed by atoms with E-state index in [0.717, 1.165) is 22.6 Å². The summed E-state index contributed by atoms with van der Waals surface area (Å²) in [6.45, 7) is 2.73. The fourth-order valence-electron chi connectivity index (χ4n) is 4.21. The minimum atomic E-state index is -4.52. The van der Waals surface area contributed by atoms with Gasteiger partial charge < -0.3 is 15.2 Å². The average Bonchev–Trinajstić information content (AvgIpc) is 3.47. The first kappa shape index (κ1) is 28.5. The molecule has 2 unspecified atom stereocenters. The summed E-state index contributed by atoms with van der Waals surface area (Å²) in [5, 5.41) is 8.72. The smallest absolute Gasteiger partial charge is 0.344 e. The molecule has 1 aromatic heterocycles. The molecule has 0 saturated carbocycles. The standard InChI is InChI=1S/C27H26F3N5O5/c1-15(2)22(23(37)24-33-21(40-34-24)13-17-9-6-10-18(11-17)27(28,29)30)32-20(36)14-35-25(38)19(31-26(35)39)12-16-7-4-3-5-8-16/h3-11,15,19,22H,12-14H2,1-2H3,(H,31,39)(H,32,36). The zero-order chi connectivity index (χ0) is 29.0. The topological polar surface area (TPSA) is 134 Å². The van der Waals surface area contributed by atoms with Gasteiger partial charge in [-0.3, -0.25) is 19.3 Å². The van der Waals surface area contributed by atoms with Crippen LogP contribution in [0, 0.1) is 5.92 Å². The molecule has 4 rings (SSSR count). The van der Waals surface area contributed by atoms with Gasteiger partial charge in [-0.05, 0) is 23.1 Å². The summed E-state index contributed by atoms with van der Waals surface area (Å²) < 4.78 is 44.0. The van der Waals surface area contributed by atoms with Gasteiger partial charge in [-0.15, -0.1) is 0 Å². The van der Waals surface area contributed by atoms with Gasteiger partial charge in [0.25, 0.3) is 5.91 Å². The van der Waals surface area contributed by atoms with E-state index in [0.29, 0.717) is 0 Å². The van der Waals surface area contributed by atoms with Crippen LogP contribution in [0.3, 0.4) is 0 Å². The summed E-state index contributed by atoms with van der Waals surface area (Å²) in [5.41, 5.74) is 0.260. The number of urea groups is 1. The summed E-state index contributed by atoms with van der Waals surface area (Å²) >= 11 is 0. The molecular formula is C27H26F3N5O5. The van der Waals surface area contributed by atoms with Crippen molar-refractivity contribution in [2.75, 3.05) is 6.54 Å². The number of nitrogens with one attached hydrogen (secondary N) is 2. The monoisotopic (exact) mass is 557 g/mol. The number of alkyl halides is 3. The molecule has 10 nitrogen and oxygen atoms in total. The van der Waals surface area contributed by atoms with Gasteiger partial charge in [-0.25, -0.2) is 4.79 Å². The molecule has 210 valence electrons. The van der Waals surface area contributed by atoms with E-state index in [-0.39, 0.29) is 30.1 Å². The molecule has 40 heavy (non-hydrogen) atoms.